The van der Waals surface area contributed by atoms with Gasteiger partial charge in [0.1, 0.15) is 13.2 Å². The van der Waals surface area contributed by atoms with E-state index in [1.54, 1.807) is 0 Å². The summed E-state index contributed by atoms with van der Waals surface area (Å²) in [6.07, 6.45) is 96.6. The minimum Gasteiger partial charge on any atom is -0.545 e. The Morgan fingerprint density at radius 1 is 0.341 bits per heavy atom. The molecule has 9 heteroatoms. The number of quaternary nitrogens is 1. The van der Waals surface area contributed by atoms with Crippen molar-refractivity contribution in [3.05, 3.63) is 97.2 Å². The highest BCUT2D eigenvalue weighted by Crippen LogP contribution is 2.18. The van der Waals surface area contributed by atoms with Crippen LogP contribution >= 0.6 is 0 Å². The number of rotatable bonds is 71. The minimum absolute atomic E-state index is 0.143. The third kappa shape index (κ3) is 73.5. The second kappa shape index (κ2) is 72.0. The number of hydrogen-bond donors (Lipinski definition) is 0. The zero-order valence-electron chi connectivity index (χ0n) is 60.2. The van der Waals surface area contributed by atoms with Crippen molar-refractivity contribution in [2.75, 3.05) is 47.5 Å². The van der Waals surface area contributed by atoms with Gasteiger partial charge in [-0.05, 0) is 96.3 Å². The smallest absolute Gasteiger partial charge is 0.306 e. The number of aliphatic carboxylic acids is 1. The molecule has 0 radical (unpaired) electrons. The lowest BCUT2D eigenvalue weighted by atomic mass is 10.0. The van der Waals surface area contributed by atoms with Crippen molar-refractivity contribution < 1.29 is 42.9 Å². The summed E-state index contributed by atoms with van der Waals surface area (Å²) in [4.78, 5) is 37.5. The molecule has 0 aliphatic carbocycles. The summed E-state index contributed by atoms with van der Waals surface area (Å²) in [6.45, 7) is 4.65. The molecule has 526 valence electrons. The molecule has 0 aromatic carbocycles. The lowest BCUT2D eigenvalue weighted by Gasteiger charge is -2.26. The van der Waals surface area contributed by atoms with Gasteiger partial charge in [-0.15, -0.1) is 0 Å². The standard InChI is InChI=1S/C82H145NO8/c1-6-8-10-12-14-16-18-20-22-24-26-28-30-32-34-35-36-37-38-39-40-41-42-43-44-45-47-48-50-52-54-56-58-60-62-64-66-68-70-72-79(84)89-76-78(77-90-82(81(86)87)88-75-74-83(3,4)5)91-80(85)73-71-69-67-65-63-61-59-57-55-53-51-49-46-33-31-29-27-25-23-21-19-17-15-13-11-9-7-2/h9,11,15,17-18,20-21,23-24,26-27,29,33,46,51,53,78,82H,6-8,10,12-14,16,19,22,25,28,30-32,34-45,47-50,52,54-77H2,1-5H3/b11-9-,17-15-,20-18-,23-21-,26-24-,29-27-,46-33-,53-51-. The van der Waals surface area contributed by atoms with Crippen molar-refractivity contribution in [2.45, 2.75) is 360 Å². The van der Waals surface area contributed by atoms with Gasteiger partial charge in [0.05, 0.1) is 40.3 Å². The normalized spacial score (nSPS) is 13.2. The summed E-state index contributed by atoms with van der Waals surface area (Å²) < 4.78 is 22.8. The molecule has 0 aromatic rings. The lowest BCUT2D eigenvalue weighted by molar-refractivity contribution is -0.870. The summed E-state index contributed by atoms with van der Waals surface area (Å²) >= 11 is 0. The molecule has 0 aliphatic heterocycles. The number of carboxylic acid groups (broad SMARTS) is 1. The fourth-order valence-corrected chi connectivity index (χ4v) is 11.0. The number of likely N-dealkylation sites (N-methyl/N-ethyl adjacent to an activating group) is 1. The Morgan fingerprint density at radius 2 is 0.626 bits per heavy atom. The molecule has 0 heterocycles. The molecule has 0 fully saturated rings. The van der Waals surface area contributed by atoms with Crippen LogP contribution in [0.1, 0.15) is 348 Å². The second-order valence-electron chi connectivity index (χ2n) is 26.9. The number of carbonyl (C=O) groups is 3. The second-order valence-corrected chi connectivity index (χ2v) is 26.9. The number of nitrogens with zero attached hydrogens (tertiary/aromatic N) is 1. The van der Waals surface area contributed by atoms with Crippen molar-refractivity contribution in [1.82, 2.24) is 0 Å². The maximum Gasteiger partial charge on any atom is 0.306 e. The van der Waals surface area contributed by atoms with Crippen molar-refractivity contribution in [2.24, 2.45) is 0 Å². The van der Waals surface area contributed by atoms with Gasteiger partial charge in [-0.1, -0.05) is 336 Å². The topological polar surface area (TPSA) is 111 Å². The van der Waals surface area contributed by atoms with E-state index in [0.29, 0.717) is 23.9 Å². The van der Waals surface area contributed by atoms with Gasteiger partial charge in [0.25, 0.3) is 0 Å². The zero-order valence-corrected chi connectivity index (χ0v) is 60.2. The summed E-state index contributed by atoms with van der Waals surface area (Å²) in [7, 11) is 5.93. The summed E-state index contributed by atoms with van der Waals surface area (Å²) in [5, 5.41) is 11.8. The average molecular weight is 1270 g/mol. The molecule has 0 saturated heterocycles. The van der Waals surface area contributed by atoms with Crippen molar-refractivity contribution in [1.29, 1.82) is 0 Å². The van der Waals surface area contributed by atoms with Gasteiger partial charge in [0.15, 0.2) is 12.4 Å². The van der Waals surface area contributed by atoms with E-state index in [9.17, 15) is 19.5 Å². The van der Waals surface area contributed by atoms with Crippen LogP contribution in [0.15, 0.2) is 97.2 Å². The van der Waals surface area contributed by atoms with Gasteiger partial charge >= 0.3 is 11.9 Å². The van der Waals surface area contributed by atoms with E-state index < -0.39 is 24.3 Å². The van der Waals surface area contributed by atoms with Crippen LogP contribution in [0.4, 0.5) is 0 Å². The van der Waals surface area contributed by atoms with Crippen molar-refractivity contribution in [3.63, 3.8) is 0 Å². The van der Waals surface area contributed by atoms with Gasteiger partial charge in [-0.25, -0.2) is 0 Å². The van der Waals surface area contributed by atoms with E-state index in [2.05, 4.69) is 111 Å². The van der Waals surface area contributed by atoms with Crippen LogP contribution < -0.4 is 5.11 Å². The largest absolute Gasteiger partial charge is 0.545 e. The Balaban J connectivity index is 4.01. The monoisotopic (exact) mass is 1270 g/mol. The molecule has 0 aromatic heterocycles. The van der Waals surface area contributed by atoms with E-state index in [-0.39, 0.29) is 32.2 Å². The summed E-state index contributed by atoms with van der Waals surface area (Å²) in [5.41, 5.74) is 0. The number of hydrogen-bond acceptors (Lipinski definition) is 8. The van der Waals surface area contributed by atoms with Crippen molar-refractivity contribution >= 4 is 17.9 Å². The van der Waals surface area contributed by atoms with E-state index in [0.717, 1.165) is 89.9 Å². The Labute approximate surface area is 562 Å². The number of carboxylic acids is 1. The van der Waals surface area contributed by atoms with E-state index in [4.69, 9.17) is 18.9 Å². The fraction of sp³-hybridized carbons (Fsp3) is 0.768. The molecule has 9 nitrogen and oxygen atoms in total. The highest BCUT2D eigenvalue weighted by Gasteiger charge is 2.22. The predicted octanol–water partition coefficient (Wildman–Crippen LogP) is 23.0. The average Bonchev–Trinajstić information content (AvgIpc) is 3.46. The molecular formula is C82H145NO8. The number of carbonyl (C=O) groups excluding carboxylic acids is 3. The molecule has 0 aliphatic rings. The van der Waals surface area contributed by atoms with Crippen molar-refractivity contribution in [3.8, 4) is 0 Å². The van der Waals surface area contributed by atoms with Gasteiger partial charge < -0.3 is 33.3 Å². The van der Waals surface area contributed by atoms with Crippen LogP contribution in [-0.4, -0.2) is 82.3 Å². The molecule has 2 atom stereocenters. The first-order valence-electron chi connectivity index (χ1n) is 38.4. The number of ether oxygens (including phenoxy) is 4. The maximum absolute atomic E-state index is 12.9. The van der Waals surface area contributed by atoms with Gasteiger partial charge in [-0.3, -0.25) is 9.59 Å². The number of esters is 2. The summed E-state index contributed by atoms with van der Waals surface area (Å²) in [6, 6.07) is 0. The van der Waals surface area contributed by atoms with Crippen LogP contribution in [0.5, 0.6) is 0 Å². The highest BCUT2D eigenvalue weighted by molar-refractivity contribution is 5.70. The molecular weight excluding hydrogens is 1130 g/mol. The minimum atomic E-state index is -1.63. The first-order valence-corrected chi connectivity index (χ1v) is 38.4. The predicted molar refractivity (Wildman–Crippen MR) is 389 cm³/mol. The van der Waals surface area contributed by atoms with E-state index in [1.165, 1.54) is 225 Å². The summed E-state index contributed by atoms with van der Waals surface area (Å²) in [5.74, 6) is -2.28. The Bertz CT molecular complexity index is 1820. The quantitative estimate of drug-likeness (QED) is 0.0195. The van der Waals surface area contributed by atoms with E-state index in [1.807, 2.05) is 21.1 Å². The highest BCUT2D eigenvalue weighted by atomic mass is 16.7. The first-order chi connectivity index (χ1) is 44.6. The molecule has 0 rings (SSSR count). The molecule has 0 saturated carbocycles. The number of allylic oxidation sites excluding steroid dienone is 16. The molecule has 0 N–H and O–H groups in total. The van der Waals surface area contributed by atoms with Crippen LogP contribution in [0.25, 0.3) is 0 Å². The van der Waals surface area contributed by atoms with Crippen LogP contribution in [0.2, 0.25) is 0 Å². The molecule has 0 bridgehead atoms. The van der Waals surface area contributed by atoms with Gasteiger partial charge in [0.2, 0.25) is 0 Å². The Morgan fingerprint density at radius 3 is 0.934 bits per heavy atom. The van der Waals surface area contributed by atoms with Gasteiger partial charge in [-0.2, -0.15) is 0 Å². The zero-order chi connectivity index (χ0) is 66.1. The van der Waals surface area contributed by atoms with E-state index >= 15 is 0 Å². The molecule has 0 amide bonds. The van der Waals surface area contributed by atoms with Crippen LogP contribution in [0, 0.1) is 0 Å². The van der Waals surface area contributed by atoms with Crippen LogP contribution in [0.3, 0.4) is 0 Å². The fourth-order valence-electron chi connectivity index (χ4n) is 11.0. The Kier molecular flexibility index (Phi) is 69.0. The first kappa shape index (κ1) is 87.2. The number of unbranched alkanes of at least 4 members (excludes halogenated alkanes) is 40. The molecule has 2 unspecified atom stereocenters. The van der Waals surface area contributed by atoms with Gasteiger partial charge in [0, 0.05) is 12.8 Å². The Hall–Kier alpha value is -3.79. The lowest BCUT2D eigenvalue weighted by Crippen LogP contribution is -2.44. The SMILES string of the molecule is CC/C=C\C/C=C\C/C=C\C/C=C\C/C=C\C/C=C\CCCCCCCCCCC(=O)OC(COC(=O)CCCCCCCCCCCCCCCCCCCCCCCCCCCCC/C=C\C/C=C\CCCCCCC)COC(OCC[N+](C)(C)C)C(=O)[O-]. The molecule has 91 heavy (non-hydrogen) atoms. The molecule has 0 spiro atoms. The van der Waals surface area contributed by atoms with Crippen LogP contribution in [-0.2, 0) is 33.3 Å². The maximum atomic E-state index is 12.9. The third-order valence-corrected chi connectivity index (χ3v) is 16.8. The third-order valence-electron chi connectivity index (χ3n) is 16.8.